The minimum atomic E-state index is -3.03. The van der Waals surface area contributed by atoms with Gasteiger partial charge in [-0.2, -0.15) is 0 Å². The highest BCUT2D eigenvalue weighted by molar-refractivity contribution is 7.91. The van der Waals surface area contributed by atoms with Crippen LogP contribution in [-0.4, -0.2) is 43.5 Å². The van der Waals surface area contributed by atoms with Crippen LogP contribution in [0.25, 0.3) is 10.8 Å². The first-order valence-electron chi connectivity index (χ1n) is 9.03. The predicted molar refractivity (Wildman–Crippen MR) is 103 cm³/mol. The van der Waals surface area contributed by atoms with Gasteiger partial charge in [0.05, 0.1) is 17.4 Å². The molecular weight excluding hydrogens is 366 g/mol. The van der Waals surface area contributed by atoms with Gasteiger partial charge in [-0.25, -0.2) is 8.42 Å². The van der Waals surface area contributed by atoms with E-state index in [2.05, 4.69) is 5.32 Å². The Morgan fingerprint density at radius 1 is 1.07 bits per heavy atom. The van der Waals surface area contributed by atoms with Crippen molar-refractivity contribution in [1.82, 2.24) is 5.32 Å². The average molecular weight is 389 g/mol. The molecule has 0 bridgehead atoms. The van der Waals surface area contributed by atoms with Crippen LogP contribution in [0.2, 0.25) is 0 Å². The predicted octanol–water partition coefficient (Wildman–Crippen LogP) is 2.02. The number of carbonyl (C=O) groups is 2. The van der Waals surface area contributed by atoms with Crippen molar-refractivity contribution in [3.05, 3.63) is 48.0 Å². The van der Waals surface area contributed by atoms with Crippen LogP contribution in [0.1, 0.15) is 18.4 Å². The summed E-state index contributed by atoms with van der Waals surface area (Å²) in [6, 6.07) is 13.7. The monoisotopic (exact) mass is 389 g/mol. The fraction of sp³-hybridized carbons (Fsp3) is 0.400. The van der Waals surface area contributed by atoms with E-state index in [9.17, 15) is 23.1 Å². The molecule has 1 amide bonds. The summed E-state index contributed by atoms with van der Waals surface area (Å²) in [4.78, 5) is 23.9. The van der Waals surface area contributed by atoms with Gasteiger partial charge in [-0.1, -0.05) is 42.5 Å². The zero-order chi connectivity index (χ0) is 19.4. The highest BCUT2D eigenvalue weighted by Crippen LogP contribution is 2.20. The Labute approximate surface area is 158 Å². The van der Waals surface area contributed by atoms with Crippen molar-refractivity contribution in [2.24, 2.45) is 11.8 Å². The lowest BCUT2D eigenvalue weighted by molar-refractivity contribution is -0.141. The quantitative estimate of drug-likeness (QED) is 0.787. The lowest BCUT2D eigenvalue weighted by atomic mass is 9.96. The third kappa shape index (κ3) is 5.07. The molecule has 0 aromatic heterocycles. The average Bonchev–Trinajstić information content (AvgIpc) is 2.64. The molecule has 1 heterocycles. The minimum Gasteiger partial charge on any atom is -0.481 e. The molecule has 0 aliphatic carbocycles. The van der Waals surface area contributed by atoms with Crippen molar-refractivity contribution in [1.29, 1.82) is 0 Å². The van der Waals surface area contributed by atoms with Gasteiger partial charge in [0.2, 0.25) is 5.91 Å². The van der Waals surface area contributed by atoms with Crippen LogP contribution in [0.5, 0.6) is 0 Å². The third-order valence-corrected chi connectivity index (χ3v) is 6.81. The fourth-order valence-electron chi connectivity index (χ4n) is 3.42. The van der Waals surface area contributed by atoms with E-state index >= 15 is 0 Å². The van der Waals surface area contributed by atoms with Crippen molar-refractivity contribution in [2.75, 3.05) is 18.1 Å². The maximum Gasteiger partial charge on any atom is 0.308 e. The summed E-state index contributed by atoms with van der Waals surface area (Å²) in [5, 5.41) is 14.4. The van der Waals surface area contributed by atoms with Gasteiger partial charge in [-0.05, 0) is 35.6 Å². The number of aliphatic carboxylic acids is 1. The lowest BCUT2D eigenvalue weighted by Crippen LogP contribution is -2.40. The summed E-state index contributed by atoms with van der Waals surface area (Å²) in [7, 11) is -3.03. The molecule has 2 aromatic rings. The number of sulfone groups is 1. The number of hydrogen-bond donors (Lipinski definition) is 2. The van der Waals surface area contributed by atoms with Crippen molar-refractivity contribution in [3.63, 3.8) is 0 Å². The highest BCUT2D eigenvalue weighted by Gasteiger charge is 2.29. The number of carbonyl (C=O) groups excluding carboxylic acids is 1. The van der Waals surface area contributed by atoms with Crippen LogP contribution in [-0.2, 0) is 25.8 Å². The molecule has 3 rings (SSSR count). The molecule has 1 unspecified atom stereocenters. The van der Waals surface area contributed by atoms with Gasteiger partial charge < -0.3 is 10.4 Å². The molecule has 0 saturated carbocycles. The van der Waals surface area contributed by atoms with E-state index in [0.29, 0.717) is 19.3 Å². The lowest BCUT2D eigenvalue weighted by Gasteiger charge is -2.22. The molecule has 2 aromatic carbocycles. The molecule has 1 saturated heterocycles. The second kappa shape index (κ2) is 8.08. The van der Waals surface area contributed by atoms with Gasteiger partial charge >= 0.3 is 5.97 Å². The normalized spacial score (nSPS) is 18.1. The highest BCUT2D eigenvalue weighted by atomic mass is 32.2. The largest absolute Gasteiger partial charge is 0.481 e. The van der Waals surface area contributed by atoms with Crippen LogP contribution in [0, 0.1) is 11.8 Å². The number of amides is 1. The van der Waals surface area contributed by atoms with E-state index in [0.717, 1.165) is 16.3 Å². The second-order valence-electron chi connectivity index (χ2n) is 7.09. The molecule has 1 atom stereocenters. The van der Waals surface area contributed by atoms with Gasteiger partial charge in [0.1, 0.15) is 9.84 Å². The number of rotatable bonds is 6. The van der Waals surface area contributed by atoms with Crippen LogP contribution in [0.15, 0.2) is 42.5 Å². The molecule has 1 aliphatic rings. The second-order valence-corrected chi connectivity index (χ2v) is 9.40. The number of nitrogens with one attached hydrogen (secondary N) is 1. The standard InChI is InChI=1S/C20H23NO5S/c22-19(16-7-9-27(25,26)10-8-16)21-13-18(20(23)24)12-14-5-6-15-3-1-2-4-17(15)11-14/h1-6,11,16,18H,7-10,12-13H2,(H,21,22)(H,23,24). The van der Waals surface area contributed by atoms with Crippen molar-refractivity contribution in [3.8, 4) is 0 Å². The van der Waals surface area contributed by atoms with Gasteiger partial charge in [0, 0.05) is 12.5 Å². The molecule has 144 valence electrons. The van der Waals surface area contributed by atoms with E-state index in [4.69, 9.17) is 0 Å². The van der Waals surface area contributed by atoms with Crippen molar-refractivity contribution >= 4 is 32.5 Å². The first-order valence-corrected chi connectivity index (χ1v) is 10.8. The molecule has 2 N–H and O–H groups in total. The topological polar surface area (TPSA) is 101 Å². The van der Waals surface area contributed by atoms with Crippen LogP contribution < -0.4 is 5.32 Å². The Balaban J connectivity index is 1.60. The molecule has 1 fully saturated rings. The fourth-order valence-corrected chi connectivity index (χ4v) is 4.91. The Bertz CT molecular complexity index is 940. The van der Waals surface area contributed by atoms with E-state index in [1.807, 2.05) is 42.5 Å². The Morgan fingerprint density at radius 3 is 2.41 bits per heavy atom. The maximum absolute atomic E-state index is 12.3. The van der Waals surface area contributed by atoms with Crippen molar-refractivity contribution in [2.45, 2.75) is 19.3 Å². The Morgan fingerprint density at radius 2 is 1.74 bits per heavy atom. The summed E-state index contributed by atoms with van der Waals surface area (Å²) in [6.45, 7) is 0.0320. The van der Waals surface area contributed by atoms with Gasteiger partial charge in [-0.15, -0.1) is 0 Å². The minimum absolute atomic E-state index is 0.0184. The molecule has 1 aliphatic heterocycles. The first kappa shape index (κ1) is 19.4. The summed E-state index contributed by atoms with van der Waals surface area (Å²) < 4.78 is 22.9. The molecular formula is C20H23NO5S. The van der Waals surface area contributed by atoms with Gasteiger partial charge in [0.25, 0.3) is 0 Å². The third-order valence-electron chi connectivity index (χ3n) is 5.09. The number of carboxylic acid groups (broad SMARTS) is 1. The van der Waals surface area contributed by atoms with E-state index in [1.54, 1.807) is 0 Å². The van der Waals surface area contributed by atoms with Crippen LogP contribution in [0.3, 0.4) is 0 Å². The summed E-state index contributed by atoms with van der Waals surface area (Å²) >= 11 is 0. The number of carboxylic acids is 1. The Kier molecular flexibility index (Phi) is 5.79. The summed E-state index contributed by atoms with van der Waals surface area (Å²) in [5.74, 6) is -2.27. The van der Waals surface area contributed by atoms with E-state index in [-0.39, 0.29) is 29.9 Å². The maximum atomic E-state index is 12.3. The molecule has 27 heavy (non-hydrogen) atoms. The molecule has 0 spiro atoms. The van der Waals surface area contributed by atoms with Crippen LogP contribution >= 0.6 is 0 Å². The Hall–Kier alpha value is -2.41. The number of hydrogen-bond acceptors (Lipinski definition) is 4. The van der Waals surface area contributed by atoms with Gasteiger partial charge in [-0.3, -0.25) is 9.59 Å². The number of benzene rings is 2. The van der Waals surface area contributed by atoms with E-state index < -0.39 is 21.7 Å². The van der Waals surface area contributed by atoms with Crippen LogP contribution in [0.4, 0.5) is 0 Å². The zero-order valence-electron chi connectivity index (χ0n) is 14.9. The SMILES string of the molecule is O=C(O)C(CNC(=O)C1CCS(=O)(=O)CC1)Cc1ccc2ccccc2c1. The smallest absolute Gasteiger partial charge is 0.308 e. The molecule has 0 radical (unpaired) electrons. The van der Waals surface area contributed by atoms with Gasteiger partial charge in [0.15, 0.2) is 0 Å². The van der Waals surface area contributed by atoms with Crippen molar-refractivity contribution < 1.29 is 23.1 Å². The summed E-state index contributed by atoms with van der Waals surface area (Å²) in [5.41, 5.74) is 0.902. The molecule has 6 nitrogen and oxygen atoms in total. The first-order chi connectivity index (χ1) is 12.8. The summed E-state index contributed by atoms with van der Waals surface area (Å²) in [6.07, 6.45) is 0.923. The molecule has 7 heteroatoms. The zero-order valence-corrected chi connectivity index (χ0v) is 15.7. The van der Waals surface area contributed by atoms with E-state index in [1.165, 1.54) is 0 Å². The number of fused-ring (bicyclic) bond motifs is 1.